The molecule has 0 spiro atoms. The van der Waals surface area contributed by atoms with E-state index in [-0.39, 0.29) is 17.8 Å². The van der Waals surface area contributed by atoms with Gasteiger partial charge in [0.15, 0.2) is 0 Å². The maximum absolute atomic E-state index is 6.11. The molecule has 4 aromatic rings. The lowest BCUT2D eigenvalue weighted by Crippen LogP contribution is -2.33. The van der Waals surface area contributed by atoms with Crippen molar-refractivity contribution in [2.75, 3.05) is 19.7 Å². The number of nitrogens with one attached hydrogen (secondary N) is 1. The molecule has 5 rings (SSSR count). The molecule has 0 aliphatic carbocycles. The van der Waals surface area contributed by atoms with Crippen LogP contribution in [-0.4, -0.2) is 19.7 Å². The Labute approximate surface area is 260 Å². The Hall–Kier alpha value is -3.07. The Morgan fingerprint density at radius 3 is 1.71 bits per heavy atom. The zero-order valence-electron chi connectivity index (χ0n) is 25.2. The minimum absolute atomic E-state index is 0. The number of hydrogen-bond acceptors (Lipinski definition) is 2. The molecule has 1 atom stereocenters. The smallest absolute Gasteiger partial charge is 0.119 e. The number of benzene rings is 4. The monoisotopic (exact) mass is 581 g/mol. The highest BCUT2D eigenvalue weighted by Gasteiger charge is 2.37. The summed E-state index contributed by atoms with van der Waals surface area (Å²) in [4.78, 5) is 0. The lowest BCUT2D eigenvalue weighted by molar-refractivity contribution is 0.292. The predicted octanol–water partition coefficient (Wildman–Crippen LogP) is 9.97. The van der Waals surface area contributed by atoms with Crippen LogP contribution < -0.4 is 10.1 Å². The highest BCUT2D eigenvalue weighted by atomic mass is 35.5. The van der Waals surface area contributed by atoms with E-state index in [4.69, 9.17) is 4.74 Å². The van der Waals surface area contributed by atoms with E-state index in [1.807, 2.05) is 0 Å². The van der Waals surface area contributed by atoms with Gasteiger partial charge in [0.1, 0.15) is 5.75 Å². The summed E-state index contributed by atoms with van der Waals surface area (Å²) in [5.41, 5.74) is 5.35. The first-order valence-corrected chi connectivity index (χ1v) is 15.9. The standard InChI is InChI=1S/C39H47NO.ClH/c1-2-3-4-14-31-41-37-23-21-32(22-24-37)38(33-26-29-40-30-27-33)25-28-39(34-15-8-5-9-16-34,35-17-10-6-11-18-35)36-19-12-7-13-20-36;/h5-13,15-24,33,38,40H,2-4,14,25-31H2,1H3;1H. The van der Waals surface area contributed by atoms with E-state index < -0.39 is 0 Å². The number of hydrogen-bond donors (Lipinski definition) is 1. The van der Waals surface area contributed by atoms with Gasteiger partial charge in [0.05, 0.1) is 6.61 Å². The molecular weight excluding hydrogens is 534 g/mol. The van der Waals surface area contributed by atoms with E-state index in [1.165, 1.54) is 54.4 Å². The first kappa shape index (κ1) is 31.9. The van der Waals surface area contributed by atoms with Gasteiger partial charge in [0.25, 0.3) is 0 Å². The van der Waals surface area contributed by atoms with E-state index in [1.54, 1.807) is 0 Å². The van der Waals surface area contributed by atoms with Crippen LogP contribution in [0.5, 0.6) is 5.75 Å². The normalized spacial score (nSPS) is 14.6. The zero-order chi connectivity index (χ0) is 28.2. The van der Waals surface area contributed by atoms with E-state index in [0.29, 0.717) is 11.8 Å². The van der Waals surface area contributed by atoms with Crippen LogP contribution in [0.1, 0.15) is 86.5 Å². The molecule has 1 fully saturated rings. The maximum atomic E-state index is 6.11. The van der Waals surface area contributed by atoms with Gasteiger partial charge in [-0.05, 0) is 91.4 Å². The molecule has 1 heterocycles. The van der Waals surface area contributed by atoms with Crippen molar-refractivity contribution < 1.29 is 4.74 Å². The molecule has 1 N–H and O–H groups in total. The number of ether oxygens (including phenoxy) is 1. The molecule has 4 aromatic carbocycles. The van der Waals surface area contributed by atoms with Crippen LogP contribution in [0.3, 0.4) is 0 Å². The average molecular weight is 582 g/mol. The zero-order valence-corrected chi connectivity index (χ0v) is 26.0. The average Bonchev–Trinajstić information content (AvgIpc) is 3.05. The van der Waals surface area contributed by atoms with Gasteiger partial charge in [-0.15, -0.1) is 12.4 Å². The summed E-state index contributed by atoms with van der Waals surface area (Å²) >= 11 is 0. The second-order valence-corrected chi connectivity index (χ2v) is 11.7. The Kier molecular flexibility index (Phi) is 12.5. The van der Waals surface area contributed by atoms with Gasteiger partial charge in [-0.1, -0.05) is 129 Å². The van der Waals surface area contributed by atoms with Gasteiger partial charge in [-0.25, -0.2) is 0 Å². The number of halogens is 1. The fourth-order valence-corrected chi connectivity index (χ4v) is 6.92. The molecule has 0 amide bonds. The van der Waals surface area contributed by atoms with Crippen molar-refractivity contribution in [3.05, 3.63) is 138 Å². The van der Waals surface area contributed by atoms with Crippen LogP contribution in [0.2, 0.25) is 0 Å². The Morgan fingerprint density at radius 1 is 0.690 bits per heavy atom. The molecular formula is C39H48ClNO. The largest absolute Gasteiger partial charge is 0.494 e. The minimum atomic E-state index is -0.212. The summed E-state index contributed by atoms with van der Waals surface area (Å²) in [6.45, 7) is 5.29. The molecule has 1 unspecified atom stereocenters. The Morgan fingerprint density at radius 2 is 1.21 bits per heavy atom. The summed E-state index contributed by atoms with van der Waals surface area (Å²) in [6.07, 6.45) is 9.57. The molecule has 222 valence electrons. The van der Waals surface area contributed by atoms with Crippen molar-refractivity contribution in [1.82, 2.24) is 5.32 Å². The van der Waals surface area contributed by atoms with Gasteiger partial charge >= 0.3 is 0 Å². The van der Waals surface area contributed by atoms with Gasteiger partial charge in [-0.2, -0.15) is 0 Å². The Balaban J connectivity index is 0.00000405. The van der Waals surface area contributed by atoms with Crippen LogP contribution in [0.4, 0.5) is 0 Å². The topological polar surface area (TPSA) is 21.3 Å². The number of piperidine rings is 1. The fraction of sp³-hybridized carbons (Fsp3) is 0.385. The van der Waals surface area contributed by atoms with Crippen LogP contribution in [0.25, 0.3) is 0 Å². The van der Waals surface area contributed by atoms with Gasteiger partial charge < -0.3 is 10.1 Å². The van der Waals surface area contributed by atoms with E-state index >= 15 is 0 Å². The second kappa shape index (κ2) is 16.5. The fourth-order valence-electron chi connectivity index (χ4n) is 6.92. The lowest BCUT2D eigenvalue weighted by atomic mass is 9.64. The molecule has 42 heavy (non-hydrogen) atoms. The van der Waals surface area contributed by atoms with Gasteiger partial charge in [0.2, 0.25) is 0 Å². The van der Waals surface area contributed by atoms with Crippen molar-refractivity contribution in [3.63, 3.8) is 0 Å². The van der Waals surface area contributed by atoms with Crippen molar-refractivity contribution >= 4 is 12.4 Å². The molecule has 1 aliphatic rings. The van der Waals surface area contributed by atoms with Crippen LogP contribution in [0.15, 0.2) is 115 Å². The van der Waals surface area contributed by atoms with Crippen molar-refractivity contribution in [3.8, 4) is 5.75 Å². The molecule has 3 heteroatoms. The molecule has 2 nitrogen and oxygen atoms in total. The van der Waals surface area contributed by atoms with E-state index in [9.17, 15) is 0 Å². The van der Waals surface area contributed by atoms with Gasteiger partial charge in [0, 0.05) is 5.41 Å². The van der Waals surface area contributed by atoms with E-state index in [0.717, 1.165) is 44.7 Å². The summed E-state index contributed by atoms with van der Waals surface area (Å²) in [7, 11) is 0. The summed E-state index contributed by atoms with van der Waals surface area (Å²) in [5.74, 6) is 2.19. The van der Waals surface area contributed by atoms with E-state index in [2.05, 4.69) is 128 Å². The summed E-state index contributed by atoms with van der Waals surface area (Å²) < 4.78 is 6.11. The molecule has 0 aromatic heterocycles. The first-order chi connectivity index (χ1) is 20.3. The predicted molar refractivity (Wildman–Crippen MR) is 180 cm³/mol. The van der Waals surface area contributed by atoms with Crippen molar-refractivity contribution in [2.24, 2.45) is 5.92 Å². The van der Waals surface area contributed by atoms with Crippen LogP contribution in [-0.2, 0) is 5.41 Å². The summed E-state index contributed by atoms with van der Waals surface area (Å²) in [5, 5.41) is 3.60. The summed E-state index contributed by atoms with van der Waals surface area (Å²) in [6, 6.07) is 42.7. The highest BCUT2D eigenvalue weighted by Crippen LogP contribution is 2.46. The Bertz CT molecular complexity index is 1170. The minimum Gasteiger partial charge on any atom is -0.494 e. The second-order valence-electron chi connectivity index (χ2n) is 11.7. The highest BCUT2D eigenvalue weighted by molar-refractivity contribution is 5.85. The van der Waals surface area contributed by atoms with Crippen LogP contribution in [0, 0.1) is 5.92 Å². The molecule has 0 saturated carbocycles. The SMILES string of the molecule is CCCCCCOc1ccc(C(CCC(c2ccccc2)(c2ccccc2)c2ccccc2)C2CCNCC2)cc1.Cl. The number of unbranched alkanes of at least 4 members (excludes halogenated alkanes) is 3. The molecule has 0 radical (unpaired) electrons. The first-order valence-electron chi connectivity index (χ1n) is 15.9. The number of rotatable bonds is 14. The van der Waals surface area contributed by atoms with Crippen molar-refractivity contribution in [1.29, 1.82) is 0 Å². The van der Waals surface area contributed by atoms with Crippen molar-refractivity contribution in [2.45, 2.75) is 69.6 Å². The third-order valence-electron chi connectivity index (χ3n) is 9.16. The maximum Gasteiger partial charge on any atom is 0.119 e. The quantitative estimate of drug-likeness (QED) is 0.118. The third-order valence-corrected chi connectivity index (χ3v) is 9.16. The van der Waals surface area contributed by atoms with Gasteiger partial charge in [-0.3, -0.25) is 0 Å². The lowest BCUT2D eigenvalue weighted by Gasteiger charge is -2.39. The molecule has 0 bridgehead atoms. The third kappa shape index (κ3) is 7.85. The molecule has 1 aliphatic heterocycles. The molecule has 1 saturated heterocycles. The van der Waals surface area contributed by atoms with Crippen LogP contribution >= 0.6 is 12.4 Å².